The summed E-state index contributed by atoms with van der Waals surface area (Å²) in [4.78, 5) is 58.1. The van der Waals surface area contributed by atoms with Crippen molar-refractivity contribution < 1.29 is 112 Å². The predicted molar refractivity (Wildman–Crippen MR) is 277 cm³/mol. The van der Waals surface area contributed by atoms with Crippen LogP contribution < -0.4 is 16.0 Å². The molecule has 0 bridgehead atoms. The molecule has 4 aromatic rings. The zero-order valence-electron chi connectivity index (χ0n) is 42.9. The molecule has 440 valence electrons. The Morgan fingerprint density at radius 1 is 0.519 bits per heavy atom. The lowest BCUT2D eigenvalue weighted by Gasteiger charge is -2.46. The van der Waals surface area contributed by atoms with E-state index in [1.807, 2.05) is 97.1 Å². The monoisotopic (exact) mass is 1140 g/mol. The maximum atomic E-state index is 12.5. The van der Waals surface area contributed by atoms with E-state index in [9.17, 15) is 64.8 Å². The Labute approximate surface area is 464 Å². The van der Waals surface area contributed by atoms with Crippen LogP contribution in [0.1, 0.15) is 48.4 Å². The first kappa shape index (κ1) is 61.9. The molecule has 0 saturated carbocycles. The van der Waals surface area contributed by atoms with Crippen LogP contribution in [0, 0.1) is 0 Å². The Hall–Kier alpha value is -6.73. The lowest BCUT2D eigenvalue weighted by molar-refractivity contribution is -0.373. The summed E-state index contributed by atoms with van der Waals surface area (Å²) in [7, 11) is 0. The summed E-state index contributed by atoms with van der Waals surface area (Å²) in [5, 5.41) is 88.8. The van der Waals surface area contributed by atoms with Gasteiger partial charge in [0.15, 0.2) is 25.0 Å². The van der Waals surface area contributed by atoms with Crippen molar-refractivity contribution in [2.45, 2.75) is 119 Å². The first-order valence-electron chi connectivity index (χ1n) is 25.5. The molecule has 3 amide bonds. The Kier molecular flexibility index (Phi) is 22.0. The molecule has 26 heteroatoms. The molecule has 2 aliphatic carbocycles. The number of nitrogens with one attached hydrogen (secondary N) is 3. The Balaban J connectivity index is 0.000000245. The largest absolute Gasteiger partial charge is 0.449 e. The van der Waals surface area contributed by atoms with Crippen molar-refractivity contribution in [3.05, 3.63) is 119 Å². The van der Waals surface area contributed by atoms with E-state index in [4.69, 9.17) is 42.6 Å². The van der Waals surface area contributed by atoms with Gasteiger partial charge in [-0.15, -0.1) is 0 Å². The zero-order valence-corrected chi connectivity index (χ0v) is 42.9. The molecule has 0 radical (unpaired) electrons. The minimum Gasteiger partial charge on any atom is -0.449 e. The van der Waals surface area contributed by atoms with Crippen LogP contribution in [-0.2, 0) is 61.8 Å². The van der Waals surface area contributed by atoms with E-state index in [0.29, 0.717) is 0 Å². The van der Waals surface area contributed by atoms with Crippen molar-refractivity contribution >= 4 is 31.0 Å². The van der Waals surface area contributed by atoms with Gasteiger partial charge in [0, 0.05) is 31.8 Å². The van der Waals surface area contributed by atoms with Crippen molar-refractivity contribution in [1.29, 1.82) is 0 Å². The second-order valence-electron chi connectivity index (χ2n) is 18.9. The van der Waals surface area contributed by atoms with E-state index >= 15 is 0 Å². The molecule has 26 nitrogen and oxygen atoms in total. The zero-order chi connectivity index (χ0) is 57.0. The van der Waals surface area contributed by atoms with Gasteiger partial charge >= 0.3 is 12.2 Å². The number of hydrogen-bond donors (Lipinski definition) is 11. The topological polar surface area (TPSA) is 376 Å². The van der Waals surface area contributed by atoms with Crippen molar-refractivity contribution in [3.8, 4) is 22.3 Å². The van der Waals surface area contributed by atoms with Crippen molar-refractivity contribution in [2.75, 3.05) is 46.1 Å². The van der Waals surface area contributed by atoms with Crippen LogP contribution in [0.2, 0.25) is 0 Å². The van der Waals surface area contributed by atoms with Crippen LogP contribution >= 0.6 is 0 Å². The van der Waals surface area contributed by atoms with E-state index < -0.39 is 117 Å². The second-order valence-corrected chi connectivity index (χ2v) is 18.9. The van der Waals surface area contributed by atoms with Gasteiger partial charge in [0.25, 0.3) is 12.9 Å². The fourth-order valence-electron chi connectivity index (χ4n) is 10.1. The third kappa shape index (κ3) is 14.3. The summed E-state index contributed by atoms with van der Waals surface area (Å²) in [5.74, 6) is -0.813. The van der Waals surface area contributed by atoms with E-state index in [-0.39, 0.29) is 71.7 Å². The summed E-state index contributed by atoms with van der Waals surface area (Å²) in [6, 6.07) is 30.5. The molecule has 11 N–H and O–H groups in total. The molecule has 15 atom stereocenters. The molecule has 0 aromatic heterocycles. The smallest absolute Gasteiger partial charge is 0.407 e. The highest BCUT2D eigenvalue weighted by atomic mass is 16.8. The lowest BCUT2D eigenvalue weighted by atomic mass is 9.96. The number of carbonyl (C=O) groups is 5. The number of fused-ring (bicyclic) bond motifs is 6. The van der Waals surface area contributed by atoms with Gasteiger partial charge in [-0.25, -0.2) is 9.59 Å². The number of alkyl carbamates (subject to hydrolysis) is 2. The van der Waals surface area contributed by atoms with Crippen LogP contribution in [0.5, 0.6) is 0 Å². The number of ether oxygens (including phenoxy) is 10. The van der Waals surface area contributed by atoms with Gasteiger partial charge in [0.05, 0.1) is 19.8 Å². The predicted octanol–water partition coefficient (Wildman–Crippen LogP) is -0.436. The first-order chi connectivity index (χ1) is 38.6. The Morgan fingerprint density at radius 3 is 1.36 bits per heavy atom. The normalized spacial score (nSPS) is 29.1. The molecular weight excluding hydrogens is 1070 g/mol. The fraction of sp³-hybridized carbons (Fsp3) is 0.473. The van der Waals surface area contributed by atoms with E-state index in [2.05, 4.69) is 20.7 Å². The number of rotatable bonds is 20. The van der Waals surface area contributed by atoms with Gasteiger partial charge in [-0.1, -0.05) is 104 Å². The molecule has 3 aliphatic heterocycles. The highest BCUT2D eigenvalue weighted by Crippen LogP contribution is 2.46. The highest BCUT2D eigenvalue weighted by Gasteiger charge is 2.52. The summed E-state index contributed by atoms with van der Waals surface area (Å²) >= 11 is 0. The van der Waals surface area contributed by atoms with Crippen LogP contribution in [0.4, 0.5) is 9.59 Å². The fourth-order valence-corrected chi connectivity index (χ4v) is 10.1. The molecule has 3 heterocycles. The van der Waals surface area contributed by atoms with Gasteiger partial charge < -0.3 is 104 Å². The second kappa shape index (κ2) is 28.8. The molecule has 9 rings (SSSR count). The number of benzene rings is 4. The van der Waals surface area contributed by atoms with Crippen molar-refractivity contribution in [1.82, 2.24) is 16.0 Å². The number of amides is 3. The third-order valence-corrected chi connectivity index (χ3v) is 13.9. The van der Waals surface area contributed by atoms with Gasteiger partial charge in [0.1, 0.15) is 68.1 Å². The maximum absolute atomic E-state index is 12.5. The summed E-state index contributed by atoms with van der Waals surface area (Å²) in [5.41, 5.74) is 8.77. The van der Waals surface area contributed by atoms with Crippen LogP contribution in [0.15, 0.2) is 97.1 Å². The number of aliphatic hydroxyl groups excluding tert-OH is 8. The third-order valence-electron chi connectivity index (χ3n) is 13.9. The Bertz CT molecular complexity index is 2650. The van der Waals surface area contributed by atoms with Gasteiger partial charge in [0.2, 0.25) is 18.5 Å². The van der Waals surface area contributed by atoms with Crippen molar-refractivity contribution in [2.24, 2.45) is 0 Å². The highest BCUT2D eigenvalue weighted by molar-refractivity contribution is 5.80. The van der Waals surface area contributed by atoms with Crippen LogP contribution in [0.25, 0.3) is 22.3 Å². The quantitative estimate of drug-likeness (QED) is 0.0304. The summed E-state index contributed by atoms with van der Waals surface area (Å²) < 4.78 is 52.9. The lowest BCUT2D eigenvalue weighted by Crippen LogP contribution is -2.67. The molecule has 4 aromatic carbocycles. The van der Waals surface area contributed by atoms with Crippen LogP contribution in [-0.4, -0.2) is 210 Å². The molecule has 3 saturated heterocycles. The molecule has 6 unspecified atom stereocenters. The molecule has 81 heavy (non-hydrogen) atoms. The van der Waals surface area contributed by atoms with Gasteiger partial charge in [-0.2, -0.15) is 0 Å². The maximum Gasteiger partial charge on any atom is 0.407 e. The van der Waals surface area contributed by atoms with Gasteiger partial charge in [-0.05, 0) is 44.5 Å². The Morgan fingerprint density at radius 2 is 0.926 bits per heavy atom. The minimum atomic E-state index is -1.83. The average molecular weight is 1140 g/mol. The molecule has 5 aliphatic rings. The number of carbonyl (C=O) groups excluding carboxylic acids is 5. The van der Waals surface area contributed by atoms with Crippen LogP contribution in [0.3, 0.4) is 0 Å². The molecular formula is C55H67N3O23. The molecule has 0 spiro atoms. The first-order valence-corrected chi connectivity index (χ1v) is 25.5. The van der Waals surface area contributed by atoms with E-state index in [1.54, 1.807) is 0 Å². The SMILES string of the molecule is C.CC(=O)NC1[C@@H](O[C@@H]2C(OC=O)O[C@@H](OCCNC(=O)OCC3c4ccccc4-c4ccccc43)C(O)[C@H]2O)OC(CO)[C@@H](O)[C@@H]1O.O=COC1O[C@@H](OCCNC(=O)OCC2c3ccccc3-c3ccccc32)C(O)[C@@H](O)[C@@H]1O. The number of hydrogen-bond acceptors (Lipinski definition) is 23. The average Bonchev–Trinajstić information content (AvgIpc) is 4.24. The summed E-state index contributed by atoms with van der Waals surface area (Å²) in [6.07, 6.45) is -23.7. The van der Waals surface area contributed by atoms with E-state index in [1.165, 1.54) is 0 Å². The minimum absolute atomic E-state index is 0. The standard InChI is InChI=1S/C31H38N2O14.C23H25NO9.CH4/c1-15(36)33-22-24(38)23(37)21(12-34)45-28(22)46-27-25(39)26(40)29(47-30(27)44-14-35)42-11-10-32-31(41)43-13-20-18-8-4-2-6-16(18)17-7-3-5-9-19(17)20;25-12-32-22-20(28)18(26)19(27)21(33-22)30-10-9-24-23(29)31-11-17-15-7-3-1-5-13(15)14-6-2-4-8-16(14)17;/h2-9,14,20-30,34,37-40H,10-13H2,1H3,(H,32,41)(H,33,36);1-8,12,17-22,26-28H,9-11H2,(H,24,29);1H4/t21?,22?,23-,24-,25-,26?,27+,28-,29-,30?;18-,19?,20+,21-,22?;/m11./s1. The van der Waals surface area contributed by atoms with Gasteiger partial charge in [-0.3, -0.25) is 14.4 Å². The molecule has 3 fully saturated rings. The van der Waals surface area contributed by atoms with E-state index in [0.717, 1.165) is 51.4 Å². The number of aliphatic hydroxyl groups is 8. The van der Waals surface area contributed by atoms with Crippen molar-refractivity contribution in [3.63, 3.8) is 0 Å². The summed E-state index contributed by atoms with van der Waals surface area (Å²) in [6.45, 7) is 0.379.